The zero-order valence-corrected chi connectivity index (χ0v) is 10.5. The Bertz CT molecular complexity index is 375. The lowest BCUT2D eigenvalue weighted by Crippen LogP contribution is -2.28. The smallest absolute Gasteiger partial charge is 0.261 e. The van der Waals surface area contributed by atoms with Gasteiger partial charge in [0.05, 0.1) is 12.9 Å². The fraction of sp³-hybridized carbons (Fsp3) is 0.750. The van der Waals surface area contributed by atoms with Gasteiger partial charge in [-0.25, -0.2) is 13.8 Å². The Balaban J connectivity index is 1.91. The molecule has 0 spiro atoms. The lowest BCUT2D eigenvalue weighted by Gasteiger charge is -2.24. The largest absolute Gasteiger partial charge is 0.374 e. The van der Waals surface area contributed by atoms with Crippen molar-refractivity contribution in [3.8, 4) is 0 Å². The summed E-state index contributed by atoms with van der Waals surface area (Å²) in [6, 6.07) is 0. The number of hydrogen-bond acceptors (Lipinski definition) is 3. The first-order valence-electron chi connectivity index (χ1n) is 6.19. The second-order valence-corrected chi connectivity index (χ2v) is 4.93. The van der Waals surface area contributed by atoms with Gasteiger partial charge in [0.25, 0.3) is 6.43 Å². The molecule has 1 aromatic rings. The van der Waals surface area contributed by atoms with E-state index in [0.29, 0.717) is 6.54 Å². The molecule has 0 saturated carbocycles. The summed E-state index contributed by atoms with van der Waals surface area (Å²) in [4.78, 5) is 4.16. The first-order chi connectivity index (χ1) is 8.62. The molecule has 2 rings (SSSR count). The van der Waals surface area contributed by atoms with Crippen molar-refractivity contribution in [1.29, 1.82) is 0 Å². The van der Waals surface area contributed by atoms with Crippen molar-refractivity contribution in [2.24, 2.45) is 0 Å². The third-order valence-electron chi connectivity index (χ3n) is 3.42. The molecule has 2 heterocycles. The molecule has 1 atom stereocenters. The molecule has 1 saturated heterocycles. The molecule has 0 bridgehead atoms. The molecular formula is C12H19F2N3O. The maximum Gasteiger partial charge on any atom is 0.261 e. The summed E-state index contributed by atoms with van der Waals surface area (Å²) < 4.78 is 30.8. The van der Waals surface area contributed by atoms with Crippen molar-refractivity contribution in [3.05, 3.63) is 18.2 Å². The monoisotopic (exact) mass is 259 g/mol. The third-order valence-corrected chi connectivity index (χ3v) is 3.42. The van der Waals surface area contributed by atoms with Crippen LogP contribution >= 0.6 is 0 Å². The van der Waals surface area contributed by atoms with Gasteiger partial charge in [0.15, 0.2) is 0 Å². The normalized spacial score (nSPS) is 24.0. The number of nitrogens with one attached hydrogen (secondary N) is 1. The van der Waals surface area contributed by atoms with Gasteiger partial charge in [-0.2, -0.15) is 0 Å². The Kier molecular flexibility index (Phi) is 4.29. The van der Waals surface area contributed by atoms with Crippen molar-refractivity contribution < 1.29 is 13.5 Å². The van der Waals surface area contributed by atoms with E-state index in [4.69, 9.17) is 4.74 Å². The summed E-state index contributed by atoms with van der Waals surface area (Å²) in [6.45, 7) is 4.48. The maximum absolute atomic E-state index is 11.9. The number of imidazole rings is 1. The van der Waals surface area contributed by atoms with E-state index in [1.807, 2.05) is 10.8 Å². The number of nitrogens with zero attached hydrogens (tertiary/aromatic N) is 2. The highest BCUT2D eigenvalue weighted by molar-refractivity contribution is 5.17. The van der Waals surface area contributed by atoms with Crippen LogP contribution in [0.5, 0.6) is 0 Å². The predicted octanol–water partition coefficient (Wildman–Crippen LogP) is 1.42. The summed E-state index contributed by atoms with van der Waals surface area (Å²) in [5.74, 6) is 0. The fourth-order valence-corrected chi connectivity index (χ4v) is 2.37. The van der Waals surface area contributed by atoms with Gasteiger partial charge in [0.1, 0.15) is 6.61 Å². The van der Waals surface area contributed by atoms with Gasteiger partial charge in [-0.1, -0.05) is 6.92 Å². The minimum Gasteiger partial charge on any atom is -0.374 e. The zero-order chi connectivity index (χ0) is 13.0. The van der Waals surface area contributed by atoms with Gasteiger partial charge in [-0.15, -0.1) is 0 Å². The molecule has 1 aromatic heterocycles. The first-order valence-corrected chi connectivity index (χ1v) is 6.19. The summed E-state index contributed by atoms with van der Waals surface area (Å²) in [6.07, 6.45) is 2.27. The molecule has 1 fully saturated rings. The number of rotatable bonds is 6. The fourth-order valence-electron chi connectivity index (χ4n) is 2.37. The van der Waals surface area contributed by atoms with E-state index in [1.165, 1.54) is 0 Å². The molecule has 4 nitrogen and oxygen atoms in total. The van der Waals surface area contributed by atoms with E-state index in [0.717, 1.165) is 25.2 Å². The van der Waals surface area contributed by atoms with E-state index in [-0.39, 0.29) is 12.0 Å². The van der Waals surface area contributed by atoms with Crippen molar-refractivity contribution in [2.45, 2.75) is 31.7 Å². The Morgan fingerprint density at radius 2 is 2.44 bits per heavy atom. The Morgan fingerprint density at radius 1 is 1.61 bits per heavy atom. The van der Waals surface area contributed by atoms with E-state index in [2.05, 4.69) is 17.2 Å². The Hall–Kier alpha value is -1.01. The van der Waals surface area contributed by atoms with Crippen LogP contribution in [0.15, 0.2) is 12.5 Å². The highest BCUT2D eigenvalue weighted by Crippen LogP contribution is 2.29. The van der Waals surface area contributed by atoms with Crippen LogP contribution in [0.1, 0.15) is 19.0 Å². The lowest BCUT2D eigenvalue weighted by atomic mass is 9.86. The zero-order valence-electron chi connectivity index (χ0n) is 10.5. The first kappa shape index (κ1) is 13.4. The Labute approximate surface area is 105 Å². The van der Waals surface area contributed by atoms with Crippen molar-refractivity contribution >= 4 is 0 Å². The molecule has 1 aliphatic rings. The highest BCUT2D eigenvalue weighted by atomic mass is 19.3. The molecule has 0 radical (unpaired) electrons. The predicted molar refractivity (Wildman–Crippen MR) is 63.9 cm³/mol. The van der Waals surface area contributed by atoms with Gasteiger partial charge in [0, 0.05) is 30.4 Å². The van der Waals surface area contributed by atoms with Crippen molar-refractivity contribution in [2.75, 3.05) is 26.3 Å². The van der Waals surface area contributed by atoms with Gasteiger partial charge < -0.3 is 14.6 Å². The Morgan fingerprint density at radius 3 is 3.11 bits per heavy atom. The summed E-state index contributed by atoms with van der Waals surface area (Å²) >= 11 is 0. The standard InChI is InChI=1S/C12H19F2N3O/c1-12(2-3-15-8-12)10-6-16-9-17(10)4-5-18-7-11(13)14/h6,9,11,15H,2-5,7-8H2,1H3. The number of halogens is 2. The molecular weight excluding hydrogens is 240 g/mol. The average Bonchev–Trinajstić information content (AvgIpc) is 2.93. The van der Waals surface area contributed by atoms with Crippen LogP contribution in [0.4, 0.5) is 8.78 Å². The van der Waals surface area contributed by atoms with E-state index < -0.39 is 13.0 Å². The SMILES string of the molecule is CC1(c2cncn2CCOCC(F)F)CCNC1. The van der Waals surface area contributed by atoms with Crippen LogP contribution in [0, 0.1) is 0 Å². The molecule has 18 heavy (non-hydrogen) atoms. The van der Waals surface area contributed by atoms with Crippen LogP contribution in [-0.2, 0) is 16.7 Å². The quantitative estimate of drug-likeness (QED) is 0.785. The average molecular weight is 259 g/mol. The highest BCUT2D eigenvalue weighted by Gasteiger charge is 2.33. The molecule has 1 unspecified atom stereocenters. The van der Waals surface area contributed by atoms with Crippen LogP contribution in [0.3, 0.4) is 0 Å². The molecule has 102 valence electrons. The topological polar surface area (TPSA) is 39.1 Å². The van der Waals surface area contributed by atoms with E-state index in [1.54, 1.807) is 6.33 Å². The van der Waals surface area contributed by atoms with Gasteiger partial charge in [-0.05, 0) is 13.0 Å². The molecule has 1 N–H and O–H groups in total. The maximum atomic E-state index is 11.9. The van der Waals surface area contributed by atoms with Gasteiger partial charge >= 0.3 is 0 Å². The van der Waals surface area contributed by atoms with Crippen LogP contribution < -0.4 is 5.32 Å². The van der Waals surface area contributed by atoms with Crippen molar-refractivity contribution in [3.63, 3.8) is 0 Å². The minimum absolute atomic E-state index is 0.0826. The van der Waals surface area contributed by atoms with Crippen LogP contribution in [0.2, 0.25) is 0 Å². The van der Waals surface area contributed by atoms with Gasteiger partial charge in [0.2, 0.25) is 0 Å². The lowest BCUT2D eigenvalue weighted by molar-refractivity contribution is 0.0144. The van der Waals surface area contributed by atoms with Gasteiger partial charge in [-0.3, -0.25) is 0 Å². The molecule has 1 aliphatic heterocycles. The summed E-state index contributed by atoms with van der Waals surface area (Å²) in [7, 11) is 0. The number of alkyl halides is 2. The summed E-state index contributed by atoms with van der Waals surface area (Å²) in [5, 5.41) is 3.34. The number of hydrogen-bond donors (Lipinski definition) is 1. The van der Waals surface area contributed by atoms with Crippen LogP contribution in [0.25, 0.3) is 0 Å². The molecule has 0 aromatic carbocycles. The second-order valence-electron chi connectivity index (χ2n) is 4.93. The van der Waals surface area contributed by atoms with E-state index >= 15 is 0 Å². The third kappa shape index (κ3) is 3.05. The molecule has 0 aliphatic carbocycles. The number of ether oxygens (including phenoxy) is 1. The van der Waals surface area contributed by atoms with Crippen molar-refractivity contribution in [1.82, 2.24) is 14.9 Å². The summed E-state index contributed by atoms with van der Waals surface area (Å²) in [5.41, 5.74) is 1.23. The van der Waals surface area contributed by atoms with E-state index in [9.17, 15) is 8.78 Å². The minimum atomic E-state index is -2.40. The number of aromatic nitrogens is 2. The van der Waals surface area contributed by atoms with Crippen LogP contribution in [-0.4, -0.2) is 42.3 Å². The second kappa shape index (κ2) is 5.75. The molecule has 6 heteroatoms. The molecule has 0 amide bonds.